The summed E-state index contributed by atoms with van der Waals surface area (Å²) < 4.78 is 0. The number of rotatable bonds is 9. The molecule has 0 fully saturated rings. The lowest BCUT2D eigenvalue weighted by molar-refractivity contribution is 0.413. The first-order valence-corrected chi connectivity index (χ1v) is 9.67. The molecule has 0 aliphatic rings. The van der Waals surface area contributed by atoms with Gasteiger partial charge >= 0.3 is 0 Å². The Morgan fingerprint density at radius 3 is 2.04 bits per heavy atom. The standard InChI is InChI=1S/C21H40N2/c1-10-12-13-14-21(8,9)18-17(20(6,7)11-2)22-19(23-18)16(5)15(3)4/h15-16H,10-14H2,1-9H3,(H,22,23). The van der Waals surface area contributed by atoms with Crippen LogP contribution in [-0.4, -0.2) is 9.97 Å². The summed E-state index contributed by atoms with van der Waals surface area (Å²) in [6.45, 7) is 20.8. The Morgan fingerprint density at radius 1 is 0.957 bits per heavy atom. The summed E-state index contributed by atoms with van der Waals surface area (Å²) in [5, 5.41) is 0. The highest BCUT2D eigenvalue weighted by Crippen LogP contribution is 2.38. The van der Waals surface area contributed by atoms with E-state index in [4.69, 9.17) is 4.98 Å². The number of hydrogen-bond donors (Lipinski definition) is 1. The van der Waals surface area contributed by atoms with Crippen molar-refractivity contribution in [2.45, 2.75) is 111 Å². The Balaban J connectivity index is 3.27. The molecule has 2 heteroatoms. The van der Waals surface area contributed by atoms with Crippen LogP contribution in [0, 0.1) is 5.92 Å². The summed E-state index contributed by atoms with van der Waals surface area (Å²) in [7, 11) is 0. The highest BCUT2D eigenvalue weighted by atomic mass is 15.0. The highest BCUT2D eigenvalue weighted by Gasteiger charge is 2.34. The van der Waals surface area contributed by atoms with Crippen LogP contribution in [0.25, 0.3) is 0 Å². The summed E-state index contributed by atoms with van der Waals surface area (Å²) >= 11 is 0. The van der Waals surface area contributed by atoms with E-state index in [1.165, 1.54) is 42.9 Å². The topological polar surface area (TPSA) is 28.7 Å². The van der Waals surface area contributed by atoms with E-state index in [0.717, 1.165) is 6.42 Å². The predicted octanol–water partition coefficient (Wildman–Crippen LogP) is 6.71. The van der Waals surface area contributed by atoms with E-state index < -0.39 is 0 Å². The fraction of sp³-hybridized carbons (Fsp3) is 0.857. The number of H-pyrrole nitrogens is 1. The zero-order valence-corrected chi connectivity index (χ0v) is 17.1. The van der Waals surface area contributed by atoms with Gasteiger partial charge in [0.25, 0.3) is 0 Å². The second-order valence-electron chi connectivity index (χ2n) is 8.96. The smallest absolute Gasteiger partial charge is 0.109 e. The lowest BCUT2D eigenvalue weighted by Gasteiger charge is -2.30. The van der Waals surface area contributed by atoms with Gasteiger partial charge < -0.3 is 4.98 Å². The number of aromatic amines is 1. The molecule has 0 saturated carbocycles. The van der Waals surface area contributed by atoms with Gasteiger partial charge in [-0.15, -0.1) is 0 Å². The van der Waals surface area contributed by atoms with Crippen LogP contribution in [0.2, 0.25) is 0 Å². The summed E-state index contributed by atoms with van der Waals surface area (Å²) in [6, 6.07) is 0. The van der Waals surface area contributed by atoms with E-state index >= 15 is 0 Å². The highest BCUT2D eigenvalue weighted by molar-refractivity contribution is 5.30. The van der Waals surface area contributed by atoms with E-state index in [-0.39, 0.29) is 10.8 Å². The Morgan fingerprint density at radius 2 is 1.57 bits per heavy atom. The zero-order chi connectivity index (χ0) is 17.8. The third-order valence-electron chi connectivity index (χ3n) is 5.76. The van der Waals surface area contributed by atoms with E-state index in [9.17, 15) is 0 Å². The predicted molar refractivity (Wildman–Crippen MR) is 102 cm³/mol. The van der Waals surface area contributed by atoms with Crippen molar-refractivity contribution in [3.63, 3.8) is 0 Å². The van der Waals surface area contributed by atoms with E-state index in [2.05, 4.69) is 67.3 Å². The van der Waals surface area contributed by atoms with Crippen molar-refractivity contribution in [1.82, 2.24) is 9.97 Å². The van der Waals surface area contributed by atoms with Crippen LogP contribution in [0.1, 0.15) is 118 Å². The van der Waals surface area contributed by atoms with Crippen molar-refractivity contribution in [2.75, 3.05) is 0 Å². The van der Waals surface area contributed by atoms with Crippen LogP contribution in [0.3, 0.4) is 0 Å². The van der Waals surface area contributed by atoms with Crippen molar-refractivity contribution >= 4 is 0 Å². The molecule has 1 heterocycles. The van der Waals surface area contributed by atoms with Crippen LogP contribution < -0.4 is 0 Å². The molecule has 0 radical (unpaired) electrons. The first-order valence-electron chi connectivity index (χ1n) is 9.67. The number of hydrogen-bond acceptors (Lipinski definition) is 1. The van der Waals surface area contributed by atoms with Gasteiger partial charge in [-0.2, -0.15) is 0 Å². The van der Waals surface area contributed by atoms with Crippen molar-refractivity contribution < 1.29 is 0 Å². The van der Waals surface area contributed by atoms with Gasteiger partial charge in [0.05, 0.1) is 5.69 Å². The SMILES string of the molecule is CCCCCC(C)(C)c1nc(C(C)C(C)C)[nH]c1C(C)(C)CC. The van der Waals surface area contributed by atoms with Gasteiger partial charge in [0, 0.05) is 22.4 Å². The largest absolute Gasteiger partial charge is 0.345 e. The van der Waals surface area contributed by atoms with Gasteiger partial charge in [-0.25, -0.2) is 4.98 Å². The lowest BCUT2D eigenvalue weighted by atomic mass is 9.76. The first kappa shape index (κ1) is 20.3. The Kier molecular flexibility index (Phi) is 6.92. The van der Waals surface area contributed by atoms with Crippen LogP contribution in [0.4, 0.5) is 0 Å². The molecule has 0 aliphatic heterocycles. The Hall–Kier alpha value is -0.790. The van der Waals surface area contributed by atoms with Crippen LogP contribution in [0.15, 0.2) is 0 Å². The minimum absolute atomic E-state index is 0.141. The van der Waals surface area contributed by atoms with Crippen molar-refractivity contribution in [3.8, 4) is 0 Å². The molecule has 0 saturated heterocycles. The molecule has 2 nitrogen and oxygen atoms in total. The van der Waals surface area contributed by atoms with Crippen molar-refractivity contribution in [2.24, 2.45) is 5.92 Å². The molecule has 134 valence electrons. The van der Waals surface area contributed by atoms with Gasteiger partial charge in [-0.3, -0.25) is 0 Å². The van der Waals surface area contributed by atoms with Crippen LogP contribution in [-0.2, 0) is 10.8 Å². The number of imidazole rings is 1. The molecular formula is C21H40N2. The van der Waals surface area contributed by atoms with Gasteiger partial charge in [0.1, 0.15) is 5.82 Å². The molecule has 1 rings (SSSR count). The maximum Gasteiger partial charge on any atom is 0.109 e. The molecular weight excluding hydrogens is 280 g/mol. The normalized spacial score (nSPS) is 14.5. The van der Waals surface area contributed by atoms with Gasteiger partial charge in [0.2, 0.25) is 0 Å². The minimum atomic E-state index is 0.141. The average Bonchev–Trinajstić information content (AvgIpc) is 2.93. The Bertz CT molecular complexity index is 480. The fourth-order valence-electron chi connectivity index (χ4n) is 3.01. The van der Waals surface area contributed by atoms with Crippen molar-refractivity contribution in [3.05, 3.63) is 17.2 Å². The maximum absolute atomic E-state index is 5.14. The van der Waals surface area contributed by atoms with Gasteiger partial charge in [-0.05, 0) is 18.8 Å². The van der Waals surface area contributed by atoms with E-state index in [1.54, 1.807) is 0 Å². The average molecular weight is 321 g/mol. The molecule has 23 heavy (non-hydrogen) atoms. The molecule has 1 atom stereocenters. The van der Waals surface area contributed by atoms with Gasteiger partial charge in [0.15, 0.2) is 0 Å². The molecule has 1 aromatic rings. The molecule has 1 unspecified atom stereocenters. The van der Waals surface area contributed by atoms with Crippen LogP contribution in [0.5, 0.6) is 0 Å². The van der Waals surface area contributed by atoms with Gasteiger partial charge in [-0.1, -0.05) is 81.6 Å². The number of aromatic nitrogens is 2. The van der Waals surface area contributed by atoms with E-state index in [0.29, 0.717) is 11.8 Å². The Labute approximate surface area is 144 Å². The number of unbranched alkanes of at least 4 members (excludes halogenated alkanes) is 2. The summed E-state index contributed by atoms with van der Waals surface area (Å²) in [6.07, 6.45) is 6.23. The lowest BCUT2D eigenvalue weighted by Crippen LogP contribution is -2.26. The quantitative estimate of drug-likeness (QED) is 0.503. The van der Waals surface area contributed by atoms with Crippen molar-refractivity contribution in [1.29, 1.82) is 0 Å². The second-order valence-corrected chi connectivity index (χ2v) is 8.96. The molecule has 1 aromatic heterocycles. The fourth-order valence-corrected chi connectivity index (χ4v) is 3.01. The molecule has 0 bridgehead atoms. The summed E-state index contributed by atoms with van der Waals surface area (Å²) in [4.78, 5) is 8.88. The third kappa shape index (κ3) is 4.84. The first-order chi connectivity index (χ1) is 10.6. The zero-order valence-electron chi connectivity index (χ0n) is 17.1. The molecule has 0 amide bonds. The molecule has 0 spiro atoms. The summed E-state index contributed by atoms with van der Waals surface area (Å²) in [5.41, 5.74) is 2.97. The number of nitrogens with zero attached hydrogens (tertiary/aromatic N) is 1. The molecule has 0 aromatic carbocycles. The number of nitrogens with one attached hydrogen (secondary N) is 1. The third-order valence-corrected chi connectivity index (χ3v) is 5.76. The van der Waals surface area contributed by atoms with E-state index in [1.807, 2.05) is 0 Å². The molecule has 1 N–H and O–H groups in total. The maximum atomic E-state index is 5.14. The second kappa shape index (κ2) is 7.85. The molecule has 0 aliphatic carbocycles. The minimum Gasteiger partial charge on any atom is -0.345 e. The van der Waals surface area contributed by atoms with Crippen LogP contribution >= 0.6 is 0 Å². The monoisotopic (exact) mass is 320 g/mol. The summed E-state index contributed by atoms with van der Waals surface area (Å²) in [5.74, 6) is 2.26.